The zero-order chi connectivity index (χ0) is 5.56. The Morgan fingerprint density at radius 3 is 2.33 bits per heavy atom. The molecule has 0 unspecified atom stereocenters. The first-order valence-electron chi connectivity index (χ1n) is 2.93. The van der Waals surface area contributed by atoms with Gasteiger partial charge in [-0.25, -0.2) is 4.39 Å². The Bertz CT molecular complexity index is 191. The first-order valence-corrected chi connectivity index (χ1v) is 2.93. The van der Waals surface area contributed by atoms with Gasteiger partial charge >= 0.3 is 0 Å². The van der Waals surface area contributed by atoms with E-state index >= 15 is 0 Å². The largest absolute Gasteiger partial charge is 0.207 e. The minimum Gasteiger partial charge on any atom is -0.207 e. The fourth-order valence-electron chi connectivity index (χ4n) is 1.37. The van der Waals surface area contributed by atoms with Gasteiger partial charge in [0.2, 0.25) is 0 Å². The monoisotopic (exact) mass is 303 g/mol. The Morgan fingerprint density at radius 1 is 1.33 bits per heavy atom. The zero-order valence-electron chi connectivity index (χ0n) is 4.91. The Kier molecular flexibility index (Phi) is 1.88. The third-order valence-electron chi connectivity index (χ3n) is 1.86. The number of hydrogen-bond donors (Lipinski definition) is 0. The molecule has 0 aromatic rings. The van der Waals surface area contributed by atoms with Crippen LogP contribution in [-0.2, 0) is 20.1 Å². The zero-order valence-corrected chi connectivity index (χ0v) is 7.31. The molecule has 0 saturated heterocycles. The predicted molar refractivity (Wildman–Crippen MR) is 30.1 cm³/mol. The molecular formula is C7H7FIr. The van der Waals surface area contributed by atoms with Crippen molar-refractivity contribution in [1.82, 2.24) is 0 Å². The number of allylic oxidation sites excluding steroid dienone is 4. The van der Waals surface area contributed by atoms with Gasteiger partial charge in [-0.2, -0.15) is 0 Å². The van der Waals surface area contributed by atoms with Crippen LogP contribution in [0.25, 0.3) is 0 Å². The van der Waals surface area contributed by atoms with Crippen LogP contribution in [-0.4, -0.2) is 0 Å². The van der Waals surface area contributed by atoms with Crippen molar-refractivity contribution in [2.45, 2.75) is 19.3 Å². The second-order valence-electron chi connectivity index (χ2n) is 2.43. The molecule has 9 heavy (non-hydrogen) atoms. The summed E-state index contributed by atoms with van der Waals surface area (Å²) >= 11 is 0. The van der Waals surface area contributed by atoms with Gasteiger partial charge in [0.25, 0.3) is 0 Å². The summed E-state index contributed by atoms with van der Waals surface area (Å²) in [6, 6.07) is 0. The predicted octanol–water partition coefficient (Wildman–Crippen LogP) is 2.33. The molecule has 0 spiro atoms. The number of fused-ring (bicyclic) bond motifs is 2. The molecule has 2 rings (SSSR count). The van der Waals surface area contributed by atoms with Crippen molar-refractivity contribution in [2.75, 3.05) is 0 Å². The van der Waals surface area contributed by atoms with Gasteiger partial charge in [0.15, 0.2) is 0 Å². The van der Waals surface area contributed by atoms with E-state index in [0.29, 0.717) is 0 Å². The van der Waals surface area contributed by atoms with Crippen LogP contribution >= 0.6 is 0 Å². The molecule has 2 aliphatic carbocycles. The van der Waals surface area contributed by atoms with Crippen molar-refractivity contribution >= 4 is 0 Å². The van der Waals surface area contributed by atoms with Crippen LogP contribution in [0.5, 0.6) is 0 Å². The molecule has 0 aromatic carbocycles. The number of halogens is 1. The van der Waals surface area contributed by atoms with Crippen molar-refractivity contribution in [2.24, 2.45) is 0 Å². The Labute approximate surface area is 67.2 Å². The second-order valence-corrected chi connectivity index (χ2v) is 2.43. The smallest absolute Gasteiger partial charge is 0.122 e. The fourth-order valence-corrected chi connectivity index (χ4v) is 1.37. The van der Waals surface area contributed by atoms with E-state index < -0.39 is 0 Å². The molecule has 2 bridgehead atoms. The maximum absolute atomic E-state index is 12.4. The van der Waals surface area contributed by atoms with Crippen LogP contribution in [0, 0.1) is 0 Å². The Hall–Kier alpha value is 0.0594. The maximum atomic E-state index is 12.4. The van der Waals surface area contributed by atoms with Gasteiger partial charge < -0.3 is 0 Å². The maximum Gasteiger partial charge on any atom is 0.122 e. The fraction of sp³-hybridized carbons (Fsp3) is 0.429. The molecular weight excluding hydrogens is 295 g/mol. The SMILES string of the molecule is FC1=C2CCC(=C1)C2.[Ir]. The van der Waals surface area contributed by atoms with Gasteiger partial charge in [0.1, 0.15) is 5.83 Å². The Morgan fingerprint density at radius 2 is 2.11 bits per heavy atom. The molecule has 2 aliphatic rings. The van der Waals surface area contributed by atoms with Crippen molar-refractivity contribution < 1.29 is 24.5 Å². The van der Waals surface area contributed by atoms with Crippen molar-refractivity contribution in [3.63, 3.8) is 0 Å². The summed E-state index contributed by atoms with van der Waals surface area (Å²) in [6.45, 7) is 0. The summed E-state index contributed by atoms with van der Waals surface area (Å²) in [5.41, 5.74) is 2.32. The average Bonchev–Trinajstić information content (AvgIpc) is 2.23. The van der Waals surface area contributed by atoms with Gasteiger partial charge in [-0.3, -0.25) is 0 Å². The second kappa shape index (κ2) is 2.35. The van der Waals surface area contributed by atoms with Crippen molar-refractivity contribution in [3.05, 3.63) is 23.0 Å². The summed E-state index contributed by atoms with van der Waals surface area (Å²) in [5, 5.41) is 0. The molecule has 51 valence electrons. The average molecular weight is 302 g/mol. The van der Waals surface area contributed by atoms with Gasteiger partial charge in [-0.1, -0.05) is 5.57 Å². The summed E-state index contributed by atoms with van der Waals surface area (Å²) in [7, 11) is 0. The van der Waals surface area contributed by atoms with E-state index in [1.807, 2.05) is 0 Å². The summed E-state index contributed by atoms with van der Waals surface area (Å²) in [5.74, 6) is 0.0475. The topological polar surface area (TPSA) is 0 Å². The molecule has 0 aromatic heterocycles. The quantitative estimate of drug-likeness (QED) is 0.644. The van der Waals surface area contributed by atoms with Gasteiger partial charge in [-0.15, -0.1) is 0 Å². The van der Waals surface area contributed by atoms with E-state index in [-0.39, 0.29) is 25.9 Å². The molecule has 0 amide bonds. The standard InChI is InChI=1S/C7H7F.Ir/c8-7-4-5-1-2-6(7)3-5;/h4H,1-3H2;. The summed E-state index contributed by atoms with van der Waals surface area (Å²) in [6.07, 6.45) is 4.71. The normalized spacial score (nSPS) is 22.1. The van der Waals surface area contributed by atoms with E-state index in [2.05, 4.69) is 0 Å². The minimum absolute atomic E-state index is 0. The molecule has 0 atom stereocenters. The van der Waals surface area contributed by atoms with Crippen LogP contribution < -0.4 is 0 Å². The Balaban J connectivity index is 0.000000405. The van der Waals surface area contributed by atoms with Gasteiger partial charge in [0, 0.05) is 20.1 Å². The van der Waals surface area contributed by atoms with Crippen LogP contribution in [0.2, 0.25) is 0 Å². The van der Waals surface area contributed by atoms with Crippen molar-refractivity contribution in [1.29, 1.82) is 0 Å². The molecule has 0 N–H and O–H groups in total. The molecule has 0 aliphatic heterocycles. The number of hydrogen-bond acceptors (Lipinski definition) is 0. The van der Waals surface area contributed by atoms with Crippen LogP contribution in [0.1, 0.15) is 19.3 Å². The van der Waals surface area contributed by atoms with Crippen LogP contribution in [0.4, 0.5) is 4.39 Å². The number of rotatable bonds is 0. The summed E-state index contributed by atoms with van der Waals surface area (Å²) < 4.78 is 12.4. The molecule has 2 heteroatoms. The van der Waals surface area contributed by atoms with E-state index in [0.717, 1.165) is 24.8 Å². The van der Waals surface area contributed by atoms with E-state index in [1.54, 1.807) is 6.08 Å². The van der Waals surface area contributed by atoms with E-state index in [4.69, 9.17) is 0 Å². The minimum atomic E-state index is 0. The summed E-state index contributed by atoms with van der Waals surface area (Å²) in [4.78, 5) is 0. The first-order chi connectivity index (χ1) is 3.86. The van der Waals surface area contributed by atoms with Gasteiger partial charge in [-0.05, 0) is 30.9 Å². The van der Waals surface area contributed by atoms with Gasteiger partial charge in [0.05, 0.1) is 0 Å². The van der Waals surface area contributed by atoms with Crippen molar-refractivity contribution in [3.8, 4) is 0 Å². The van der Waals surface area contributed by atoms with E-state index in [1.165, 1.54) is 5.57 Å². The third kappa shape index (κ3) is 1.02. The third-order valence-corrected chi connectivity index (χ3v) is 1.86. The molecule has 1 radical (unpaired) electrons. The molecule has 0 heterocycles. The molecule has 1 saturated carbocycles. The molecule has 1 fully saturated rings. The van der Waals surface area contributed by atoms with Crippen LogP contribution in [0.15, 0.2) is 23.0 Å². The molecule has 0 nitrogen and oxygen atoms in total. The van der Waals surface area contributed by atoms with Crippen LogP contribution in [0.3, 0.4) is 0 Å². The van der Waals surface area contributed by atoms with E-state index in [9.17, 15) is 4.39 Å². The first kappa shape index (κ1) is 7.17.